The van der Waals surface area contributed by atoms with Crippen molar-refractivity contribution in [1.82, 2.24) is 19.5 Å². The van der Waals surface area contributed by atoms with Crippen LogP contribution in [0, 0.1) is 0 Å². The number of aromatic nitrogens is 4. The number of hydrogen-bond acceptors (Lipinski definition) is 3. The first-order valence-corrected chi connectivity index (χ1v) is 15.8. The summed E-state index contributed by atoms with van der Waals surface area (Å²) in [6, 6.07) is 59.3. The van der Waals surface area contributed by atoms with E-state index in [-0.39, 0.29) is 0 Å². The predicted molar refractivity (Wildman–Crippen MR) is 193 cm³/mol. The van der Waals surface area contributed by atoms with Gasteiger partial charge in [0.2, 0.25) is 0 Å². The Kier molecular flexibility index (Phi) is 6.43. The summed E-state index contributed by atoms with van der Waals surface area (Å²) in [5, 5.41) is 4.85. The molecule has 9 rings (SSSR count). The van der Waals surface area contributed by atoms with E-state index >= 15 is 0 Å². The third-order valence-corrected chi connectivity index (χ3v) is 8.86. The first-order valence-electron chi connectivity index (χ1n) is 15.8. The normalized spacial score (nSPS) is 11.4. The van der Waals surface area contributed by atoms with Crippen LogP contribution in [0.5, 0.6) is 0 Å². The van der Waals surface area contributed by atoms with Gasteiger partial charge in [-0.05, 0) is 34.5 Å². The van der Waals surface area contributed by atoms with E-state index in [1.165, 1.54) is 27.1 Å². The number of hydrogen-bond donors (Lipinski definition) is 0. The molecule has 47 heavy (non-hydrogen) atoms. The van der Waals surface area contributed by atoms with E-state index in [9.17, 15) is 0 Å². The minimum absolute atomic E-state index is 0.629. The second kappa shape index (κ2) is 11.2. The molecule has 9 aromatic rings. The Morgan fingerprint density at radius 1 is 0.340 bits per heavy atom. The lowest BCUT2D eigenvalue weighted by atomic mass is 9.95. The van der Waals surface area contributed by atoms with Crippen LogP contribution in [0.2, 0.25) is 0 Å². The van der Waals surface area contributed by atoms with Crippen LogP contribution in [0.25, 0.3) is 83.6 Å². The van der Waals surface area contributed by atoms with Gasteiger partial charge in [-0.15, -0.1) is 0 Å². The Bertz CT molecular complexity index is 2450. The maximum atomic E-state index is 5.07. The largest absolute Gasteiger partial charge is 0.309 e. The molecule has 0 amide bonds. The smallest absolute Gasteiger partial charge is 0.164 e. The van der Waals surface area contributed by atoms with Crippen LogP contribution >= 0.6 is 0 Å². The van der Waals surface area contributed by atoms with Crippen molar-refractivity contribution in [3.8, 4) is 51.0 Å². The monoisotopic (exact) mass is 600 g/mol. The standard InChI is InChI=1S/C43H28N4/c1-3-15-30(16-4-1)41-44-42(31-17-5-2-6-18-31)46-43(45-41)32-26-27-37(34-23-13-19-29-14-7-8-20-33(29)34)40(28-32)47-38-24-11-9-21-35(38)36-22-10-12-25-39(36)47/h1-28H. The molecule has 0 saturated carbocycles. The molecule has 2 aromatic heterocycles. The molecule has 0 unspecified atom stereocenters. The summed E-state index contributed by atoms with van der Waals surface area (Å²) in [4.78, 5) is 15.1. The van der Waals surface area contributed by atoms with Gasteiger partial charge in [0.1, 0.15) is 0 Å². The van der Waals surface area contributed by atoms with Gasteiger partial charge in [0.25, 0.3) is 0 Å². The quantitative estimate of drug-likeness (QED) is 0.197. The van der Waals surface area contributed by atoms with E-state index in [0.717, 1.165) is 39.0 Å². The number of rotatable bonds is 5. The molecule has 0 aliphatic carbocycles. The fraction of sp³-hybridized carbons (Fsp3) is 0. The van der Waals surface area contributed by atoms with Crippen LogP contribution in [0.3, 0.4) is 0 Å². The summed E-state index contributed by atoms with van der Waals surface area (Å²) in [5.74, 6) is 1.92. The van der Waals surface area contributed by atoms with E-state index in [0.29, 0.717) is 17.5 Å². The molecule has 4 nitrogen and oxygen atoms in total. The van der Waals surface area contributed by atoms with Crippen LogP contribution in [-0.4, -0.2) is 19.5 Å². The molecule has 2 heterocycles. The van der Waals surface area contributed by atoms with Gasteiger partial charge in [-0.25, -0.2) is 15.0 Å². The van der Waals surface area contributed by atoms with Crippen molar-refractivity contribution in [1.29, 1.82) is 0 Å². The van der Waals surface area contributed by atoms with E-state index < -0.39 is 0 Å². The highest BCUT2D eigenvalue weighted by molar-refractivity contribution is 6.10. The van der Waals surface area contributed by atoms with Gasteiger partial charge in [-0.3, -0.25) is 0 Å². The Labute approximate surface area is 272 Å². The van der Waals surface area contributed by atoms with Gasteiger partial charge < -0.3 is 4.57 Å². The molecule has 220 valence electrons. The number of para-hydroxylation sites is 2. The molecule has 0 bridgehead atoms. The van der Waals surface area contributed by atoms with Gasteiger partial charge in [0, 0.05) is 33.0 Å². The zero-order chi connectivity index (χ0) is 31.2. The highest BCUT2D eigenvalue weighted by Crippen LogP contribution is 2.40. The van der Waals surface area contributed by atoms with Crippen LogP contribution in [-0.2, 0) is 0 Å². The van der Waals surface area contributed by atoms with Crippen molar-refractivity contribution in [3.63, 3.8) is 0 Å². The third-order valence-electron chi connectivity index (χ3n) is 8.86. The highest BCUT2D eigenvalue weighted by atomic mass is 15.0. The van der Waals surface area contributed by atoms with Crippen LogP contribution < -0.4 is 0 Å². The molecule has 4 heteroatoms. The summed E-state index contributed by atoms with van der Waals surface area (Å²) < 4.78 is 2.39. The molecule has 0 radical (unpaired) electrons. The first kappa shape index (κ1) is 27.0. The van der Waals surface area contributed by atoms with Gasteiger partial charge >= 0.3 is 0 Å². The average Bonchev–Trinajstić information content (AvgIpc) is 3.49. The van der Waals surface area contributed by atoms with Crippen molar-refractivity contribution in [2.45, 2.75) is 0 Å². The second-order valence-electron chi connectivity index (χ2n) is 11.7. The minimum Gasteiger partial charge on any atom is -0.309 e. The lowest BCUT2D eigenvalue weighted by Gasteiger charge is -2.17. The second-order valence-corrected chi connectivity index (χ2v) is 11.7. The molecule has 0 spiro atoms. The predicted octanol–water partition coefficient (Wildman–Crippen LogP) is 10.8. The van der Waals surface area contributed by atoms with E-state index in [1.54, 1.807) is 0 Å². The summed E-state index contributed by atoms with van der Waals surface area (Å²) in [7, 11) is 0. The van der Waals surface area contributed by atoms with E-state index in [2.05, 4.69) is 114 Å². The fourth-order valence-corrected chi connectivity index (χ4v) is 6.66. The van der Waals surface area contributed by atoms with Crippen molar-refractivity contribution in [2.24, 2.45) is 0 Å². The van der Waals surface area contributed by atoms with Crippen molar-refractivity contribution in [3.05, 3.63) is 170 Å². The molecule has 0 atom stereocenters. The third kappa shape index (κ3) is 4.66. The molecule has 0 N–H and O–H groups in total. The van der Waals surface area contributed by atoms with Crippen molar-refractivity contribution in [2.75, 3.05) is 0 Å². The van der Waals surface area contributed by atoms with Crippen LogP contribution in [0.15, 0.2) is 170 Å². The zero-order valence-corrected chi connectivity index (χ0v) is 25.5. The Balaban J connectivity index is 1.35. The van der Waals surface area contributed by atoms with Gasteiger partial charge in [-0.1, -0.05) is 152 Å². The topological polar surface area (TPSA) is 43.6 Å². The van der Waals surface area contributed by atoms with Gasteiger partial charge in [0.15, 0.2) is 17.5 Å². The number of fused-ring (bicyclic) bond motifs is 4. The molecular formula is C43H28N4. The lowest BCUT2D eigenvalue weighted by molar-refractivity contribution is 1.07. The Hall–Kier alpha value is -6.39. The highest BCUT2D eigenvalue weighted by Gasteiger charge is 2.19. The van der Waals surface area contributed by atoms with Crippen molar-refractivity contribution < 1.29 is 0 Å². The SMILES string of the molecule is c1ccc(-c2nc(-c3ccccc3)nc(-c3ccc(-c4cccc5ccccc45)c(-n4c5ccccc5c5ccccc54)c3)n2)cc1. The average molecular weight is 601 g/mol. The molecule has 7 aromatic carbocycles. The molecule has 0 aliphatic heterocycles. The van der Waals surface area contributed by atoms with Gasteiger partial charge in [0.05, 0.1) is 16.7 Å². The zero-order valence-electron chi connectivity index (χ0n) is 25.5. The first-order chi connectivity index (χ1) is 23.3. The minimum atomic E-state index is 0.629. The fourth-order valence-electron chi connectivity index (χ4n) is 6.66. The van der Waals surface area contributed by atoms with Gasteiger partial charge in [-0.2, -0.15) is 0 Å². The summed E-state index contributed by atoms with van der Waals surface area (Å²) >= 11 is 0. The maximum Gasteiger partial charge on any atom is 0.164 e. The Morgan fingerprint density at radius 2 is 0.830 bits per heavy atom. The number of benzene rings is 7. The molecule has 0 saturated heterocycles. The molecule has 0 aliphatic rings. The number of nitrogens with zero attached hydrogens (tertiary/aromatic N) is 4. The summed E-state index contributed by atoms with van der Waals surface area (Å²) in [6.45, 7) is 0. The summed E-state index contributed by atoms with van der Waals surface area (Å²) in [6.07, 6.45) is 0. The van der Waals surface area contributed by atoms with E-state index in [4.69, 9.17) is 15.0 Å². The lowest BCUT2D eigenvalue weighted by Crippen LogP contribution is -2.02. The molecular weight excluding hydrogens is 573 g/mol. The maximum absolute atomic E-state index is 5.07. The Morgan fingerprint density at radius 3 is 1.45 bits per heavy atom. The van der Waals surface area contributed by atoms with Crippen LogP contribution in [0.4, 0.5) is 0 Å². The molecule has 0 fully saturated rings. The van der Waals surface area contributed by atoms with E-state index in [1.807, 2.05) is 60.7 Å². The van der Waals surface area contributed by atoms with Crippen LogP contribution in [0.1, 0.15) is 0 Å². The van der Waals surface area contributed by atoms with Crippen molar-refractivity contribution >= 4 is 32.6 Å². The summed E-state index contributed by atoms with van der Waals surface area (Å²) in [5.41, 5.74) is 8.50.